The van der Waals surface area contributed by atoms with Crippen molar-refractivity contribution in [3.8, 4) is 0 Å². The van der Waals surface area contributed by atoms with Crippen molar-refractivity contribution < 1.29 is 8.78 Å². The molecule has 1 atom stereocenters. The Kier molecular flexibility index (Phi) is 5.39. The number of halogens is 2. The zero-order valence-electron chi connectivity index (χ0n) is 9.89. The van der Waals surface area contributed by atoms with E-state index in [1.165, 1.54) is 12.1 Å². The Balaban J connectivity index is 2.73. The van der Waals surface area contributed by atoms with Gasteiger partial charge in [0.15, 0.2) is 0 Å². The van der Waals surface area contributed by atoms with E-state index in [4.69, 9.17) is 0 Å². The molecule has 3 heteroatoms. The molecule has 1 aromatic rings. The summed E-state index contributed by atoms with van der Waals surface area (Å²) in [5, 5.41) is 3.25. The monoisotopic (exact) mass is 227 g/mol. The van der Waals surface area contributed by atoms with Crippen LogP contribution in [0.3, 0.4) is 0 Å². The summed E-state index contributed by atoms with van der Waals surface area (Å²) in [6.07, 6.45) is 2.90. The first kappa shape index (κ1) is 13.1. The van der Waals surface area contributed by atoms with Crippen LogP contribution in [0.1, 0.15) is 44.7 Å². The molecule has 16 heavy (non-hydrogen) atoms. The second kappa shape index (κ2) is 6.59. The SMILES string of the molecule is CCCCNC(CC)c1cc(F)ccc1F. The van der Waals surface area contributed by atoms with Gasteiger partial charge in [-0.05, 0) is 37.6 Å². The first-order valence-corrected chi connectivity index (χ1v) is 5.87. The Labute approximate surface area is 95.9 Å². The Morgan fingerprint density at radius 1 is 1.25 bits per heavy atom. The minimum Gasteiger partial charge on any atom is -0.310 e. The second-order valence-electron chi connectivity index (χ2n) is 3.93. The summed E-state index contributed by atoms with van der Waals surface area (Å²) in [7, 11) is 0. The minimum atomic E-state index is -0.382. The van der Waals surface area contributed by atoms with E-state index >= 15 is 0 Å². The fourth-order valence-electron chi connectivity index (χ4n) is 1.71. The fourth-order valence-corrected chi connectivity index (χ4v) is 1.71. The number of benzene rings is 1. The third kappa shape index (κ3) is 3.56. The molecular weight excluding hydrogens is 208 g/mol. The lowest BCUT2D eigenvalue weighted by molar-refractivity contribution is 0.476. The predicted octanol–water partition coefficient (Wildman–Crippen LogP) is 3.81. The van der Waals surface area contributed by atoms with Crippen molar-refractivity contribution in [3.05, 3.63) is 35.4 Å². The summed E-state index contributed by atoms with van der Waals surface area (Å²) < 4.78 is 26.5. The molecule has 0 heterocycles. The van der Waals surface area contributed by atoms with E-state index in [1.54, 1.807) is 0 Å². The Morgan fingerprint density at radius 2 is 2.00 bits per heavy atom. The van der Waals surface area contributed by atoms with Gasteiger partial charge in [-0.25, -0.2) is 8.78 Å². The molecule has 0 amide bonds. The maximum absolute atomic E-state index is 13.5. The molecule has 1 N–H and O–H groups in total. The quantitative estimate of drug-likeness (QED) is 0.729. The molecule has 0 aliphatic heterocycles. The van der Waals surface area contributed by atoms with Gasteiger partial charge in [-0.1, -0.05) is 20.3 Å². The van der Waals surface area contributed by atoms with E-state index < -0.39 is 0 Å². The lowest BCUT2D eigenvalue weighted by Crippen LogP contribution is -2.22. The molecule has 0 spiro atoms. The number of rotatable bonds is 6. The molecule has 0 saturated carbocycles. The van der Waals surface area contributed by atoms with Gasteiger partial charge in [0.25, 0.3) is 0 Å². The molecule has 0 aromatic heterocycles. The zero-order valence-corrected chi connectivity index (χ0v) is 9.89. The summed E-state index contributed by atoms with van der Waals surface area (Å²) >= 11 is 0. The summed E-state index contributed by atoms with van der Waals surface area (Å²) in [4.78, 5) is 0. The van der Waals surface area contributed by atoms with Crippen molar-refractivity contribution in [2.45, 2.75) is 39.2 Å². The summed E-state index contributed by atoms with van der Waals surface area (Å²) in [5.41, 5.74) is 0.429. The van der Waals surface area contributed by atoms with Gasteiger partial charge in [-0.15, -0.1) is 0 Å². The molecule has 0 fully saturated rings. The third-order valence-electron chi connectivity index (χ3n) is 2.66. The highest BCUT2D eigenvalue weighted by atomic mass is 19.1. The van der Waals surface area contributed by atoms with Crippen LogP contribution in [-0.4, -0.2) is 6.54 Å². The van der Waals surface area contributed by atoms with E-state index in [1.807, 2.05) is 6.92 Å². The van der Waals surface area contributed by atoms with E-state index in [-0.39, 0.29) is 17.7 Å². The highest BCUT2D eigenvalue weighted by Gasteiger charge is 2.13. The van der Waals surface area contributed by atoms with Crippen molar-refractivity contribution in [3.63, 3.8) is 0 Å². The molecule has 0 saturated heterocycles. The maximum Gasteiger partial charge on any atom is 0.128 e. The number of hydrogen-bond donors (Lipinski definition) is 1. The first-order valence-electron chi connectivity index (χ1n) is 5.87. The van der Waals surface area contributed by atoms with Gasteiger partial charge in [-0.2, -0.15) is 0 Å². The largest absolute Gasteiger partial charge is 0.310 e. The van der Waals surface area contributed by atoms with Crippen LogP contribution < -0.4 is 5.32 Å². The Morgan fingerprint density at radius 3 is 2.62 bits per heavy atom. The molecule has 1 aromatic carbocycles. The molecule has 0 aliphatic carbocycles. The summed E-state index contributed by atoms with van der Waals surface area (Å²) in [6.45, 7) is 4.91. The van der Waals surface area contributed by atoms with Crippen molar-refractivity contribution in [1.82, 2.24) is 5.32 Å². The number of hydrogen-bond acceptors (Lipinski definition) is 1. The van der Waals surface area contributed by atoms with E-state index in [0.29, 0.717) is 5.56 Å². The van der Waals surface area contributed by atoms with Gasteiger partial charge in [0.05, 0.1) is 0 Å². The third-order valence-corrected chi connectivity index (χ3v) is 2.66. The van der Waals surface area contributed by atoms with Gasteiger partial charge in [0.1, 0.15) is 11.6 Å². The average Bonchev–Trinajstić information content (AvgIpc) is 2.28. The molecule has 0 radical (unpaired) electrons. The van der Waals surface area contributed by atoms with Gasteiger partial charge in [0.2, 0.25) is 0 Å². The summed E-state index contributed by atoms with van der Waals surface area (Å²) in [5.74, 6) is -0.718. The molecule has 90 valence electrons. The average molecular weight is 227 g/mol. The minimum absolute atomic E-state index is 0.0951. The highest BCUT2D eigenvalue weighted by Crippen LogP contribution is 2.21. The molecule has 0 aliphatic rings. The lowest BCUT2D eigenvalue weighted by Gasteiger charge is -2.18. The van der Waals surface area contributed by atoms with Crippen LogP contribution in [0.15, 0.2) is 18.2 Å². The van der Waals surface area contributed by atoms with Crippen molar-refractivity contribution in [1.29, 1.82) is 0 Å². The summed E-state index contributed by atoms with van der Waals surface area (Å²) in [6, 6.07) is 3.52. The van der Waals surface area contributed by atoms with Gasteiger partial charge in [-0.3, -0.25) is 0 Å². The van der Waals surface area contributed by atoms with Crippen molar-refractivity contribution in [2.75, 3.05) is 6.54 Å². The van der Waals surface area contributed by atoms with Crippen LogP contribution in [0.2, 0.25) is 0 Å². The lowest BCUT2D eigenvalue weighted by atomic mass is 10.0. The normalized spacial score (nSPS) is 12.8. The Bertz CT molecular complexity index is 326. The van der Waals surface area contributed by atoms with Crippen molar-refractivity contribution >= 4 is 0 Å². The molecule has 1 nitrogen and oxygen atoms in total. The van der Waals surface area contributed by atoms with Gasteiger partial charge >= 0.3 is 0 Å². The predicted molar refractivity (Wildman–Crippen MR) is 62.3 cm³/mol. The van der Waals surface area contributed by atoms with Gasteiger partial charge in [0, 0.05) is 11.6 Å². The van der Waals surface area contributed by atoms with Crippen molar-refractivity contribution in [2.24, 2.45) is 0 Å². The van der Waals surface area contributed by atoms with E-state index in [2.05, 4.69) is 12.2 Å². The smallest absolute Gasteiger partial charge is 0.128 e. The van der Waals surface area contributed by atoms with E-state index in [9.17, 15) is 8.78 Å². The van der Waals surface area contributed by atoms with Crippen LogP contribution in [0.5, 0.6) is 0 Å². The van der Waals surface area contributed by atoms with E-state index in [0.717, 1.165) is 31.9 Å². The zero-order chi connectivity index (χ0) is 12.0. The molecular formula is C13H19F2N. The topological polar surface area (TPSA) is 12.0 Å². The fraction of sp³-hybridized carbons (Fsp3) is 0.538. The van der Waals surface area contributed by atoms with Gasteiger partial charge < -0.3 is 5.32 Å². The number of unbranched alkanes of at least 4 members (excludes halogenated alkanes) is 1. The maximum atomic E-state index is 13.5. The standard InChI is InChI=1S/C13H19F2N/c1-3-5-8-16-13(4-2)11-9-10(14)6-7-12(11)15/h6-7,9,13,16H,3-5,8H2,1-2H3. The van der Waals surface area contributed by atoms with Crippen LogP contribution in [0.4, 0.5) is 8.78 Å². The number of nitrogens with one attached hydrogen (secondary N) is 1. The first-order chi connectivity index (χ1) is 7.69. The van der Waals surface area contributed by atoms with Crippen LogP contribution in [0.25, 0.3) is 0 Å². The second-order valence-corrected chi connectivity index (χ2v) is 3.93. The molecule has 0 bridgehead atoms. The van der Waals surface area contributed by atoms with Crippen LogP contribution in [-0.2, 0) is 0 Å². The van der Waals surface area contributed by atoms with Crippen LogP contribution in [0, 0.1) is 11.6 Å². The molecule has 1 unspecified atom stereocenters. The Hall–Kier alpha value is -0.960. The van der Waals surface area contributed by atoms with Crippen LogP contribution >= 0.6 is 0 Å². The highest BCUT2D eigenvalue weighted by molar-refractivity contribution is 5.22. The molecule has 1 rings (SSSR count).